The lowest BCUT2D eigenvalue weighted by atomic mass is 9.65. The summed E-state index contributed by atoms with van der Waals surface area (Å²) in [5.41, 5.74) is 13.9. The molecule has 40 heavy (non-hydrogen) atoms. The van der Waals surface area contributed by atoms with Gasteiger partial charge in [-0.3, -0.25) is 0 Å². The van der Waals surface area contributed by atoms with E-state index >= 15 is 0 Å². The summed E-state index contributed by atoms with van der Waals surface area (Å²) >= 11 is 0. The van der Waals surface area contributed by atoms with Gasteiger partial charge in [-0.1, -0.05) is 109 Å². The minimum atomic E-state index is -0.390. The average Bonchev–Trinajstić information content (AvgIpc) is 3.35. The van der Waals surface area contributed by atoms with Gasteiger partial charge in [0.05, 0.1) is 28.4 Å². The molecule has 1 heterocycles. The Hall–Kier alpha value is -5.39. The van der Waals surface area contributed by atoms with Crippen LogP contribution < -0.4 is 4.90 Å². The van der Waals surface area contributed by atoms with Gasteiger partial charge in [0.2, 0.25) is 0 Å². The maximum absolute atomic E-state index is 9.18. The van der Waals surface area contributed by atoms with Crippen LogP contribution in [0.1, 0.15) is 27.8 Å². The second kappa shape index (κ2) is 8.56. The van der Waals surface area contributed by atoms with Gasteiger partial charge in [-0.15, -0.1) is 0 Å². The summed E-state index contributed by atoms with van der Waals surface area (Å²) in [6.07, 6.45) is 0. The minimum Gasteiger partial charge on any atom is -0.310 e. The predicted octanol–water partition coefficient (Wildman–Crippen LogP) is 9.37. The van der Waals surface area contributed by atoms with Gasteiger partial charge >= 0.3 is 0 Å². The highest BCUT2D eigenvalue weighted by Crippen LogP contribution is 2.64. The van der Waals surface area contributed by atoms with Crippen LogP contribution in [0.4, 0.5) is 17.1 Å². The van der Waals surface area contributed by atoms with Gasteiger partial charge < -0.3 is 4.90 Å². The number of anilines is 3. The fourth-order valence-electron chi connectivity index (χ4n) is 6.88. The molecule has 0 bridgehead atoms. The van der Waals surface area contributed by atoms with Gasteiger partial charge in [0.15, 0.2) is 0 Å². The zero-order valence-electron chi connectivity index (χ0n) is 21.8. The van der Waals surface area contributed by atoms with Crippen LogP contribution >= 0.6 is 0 Å². The van der Waals surface area contributed by atoms with Crippen LogP contribution in [0.3, 0.4) is 0 Å². The predicted molar refractivity (Wildman–Crippen MR) is 162 cm³/mol. The normalized spacial score (nSPS) is 16.0. The smallest absolute Gasteiger partial charge is 0.0991 e. The molecule has 0 aromatic heterocycles. The summed E-state index contributed by atoms with van der Waals surface area (Å²) in [5.74, 6) is 0. The third kappa shape index (κ3) is 2.98. The van der Waals surface area contributed by atoms with E-state index in [0.29, 0.717) is 5.56 Å². The zero-order chi connectivity index (χ0) is 26.7. The van der Waals surface area contributed by atoms with E-state index in [-0.39, 0.29) is 5.41 Å². The fraction of sp³-hybridized carbons (Fsp3) is 0.0263. The summed E-state index contributed by atoms with van der Waals surface area (Å²) in [6.45, 7) is 0. The number of benzene rings is 6. The van der Waals surface area contributed by atoms with E-state index in [2.05, 4.69) is 132 Å². The molecule has 0 amide bonds. The molecule has 0 N–H and O–H groups in total. The third-order valence-electron chi connectivity index (χ3n) is 8.51. The van der Waals surface area contributed by atoms with Crippen LogP contribution in [-0.4, -0.2) is 0 Å². The highest BCUT2D eigenvalue weighted by atomic mass is 15.2. The van der Waals surface area contributed by atoms with Crippen molar-refractivity contribution in [3.63, 3.8) is 0 Å². The highest BCUT2D eigenvalue weighted by Gasteiger charge is 2.52. The molecule has 6 aromatic rings. The first-order valence-electron chi connectivity index (χ1n) is 13.6. The van der Waals surface area contributed by atoms with Gasteiger partial charge in [-0.25, -0.2) is 0 Å². The van der Waals surface area contributed by atoms with Gasteiger partial charge in [-0.05, 0) is 75.3 Å². The Bertz CT molecular complexity index is 1950. The van der Waals surface area contributed by atoms with E-state index < -0.39 is 0 Å². The van der Waals surface area contributed by atoms with Crippen LogP contribution in [0.15, 0.2) is 146 Å². The molecule has 0 fully saturated rings. The minimum absolute atomic E-state index is 0.390. The van der Waals surface area contributed by atoms with Crippen molar-refractivity contribution in [3.8, 4) is 28.3 Å². The second-order valence-electron chi connectivity index (χ2n) is 10.4. The molecular weight excluding hydrogens is 484 g/mol. The number of hydrogen-bond acceptors (Lipinski definition) is 2. The van der Waals surface area contributed by atoms with Crippen LogP contribution in [0.25, 0.3) is 22.3 Å². The van der Waals surface area contributed by atoms with Gasteiger partial charge in [0.25, 0.3) is 0 Å². The number of rotatable bonds is 3. The first kappa shape index (κ1) is 22.6. The molecule has 0 spiro atoms. The van der Waals surface area contributed by atoms with E-state index in [1.807, 2.05) is 24.3 Å². The molecule has 2 aliphatic rings. The average molecular weight is 509 g/mol. The van der Waals surface area contributed by atoms with Gasteiger partial charge in [0, 0.05) is 11.3 Å². The van der Waals surface area contributed by atoms with Crippen molar-refractivity contribution in [1.82, 2.24) is 0 Å². The Balaban J connectivity index is 1.38. The van der Waals surface area contributed by atoms with E-state index in [1.165, 1.54) is 44.8 Å². The fourth-order valence-corrected chi connectivity index (χ4v) is 6.88. The molecule has 1 aliphatic carbocycles. The highest BCUT2D eigenvalue weighted by molar-refractivity contribution is 5.99. The molecule has 0 saturated carbocycles. The number of nitriles is 1. The van der Waals surface area contributed by atoms with Crippen molar-refractivity contribution in [1.29, 1.82) is 5.26 Å². The SMILES string of the molecule is N#Cc1ccc(-c2ccc(N3c4ccccc4C4(c5ccccc5)c5ccccc5-c5cccc3c54)cc2)cc1. The summed E-state index contributed by atoms with van der Waals surface area (Å²) in [4.78, 5) is 2.42. The van der Waals surface area contributed by atoms with Crippen LogP contribution in [0.5, 0.6) is 0 Å². The van der Waals surface area contributed by atoms with Crippen LogP contribution in [0, 0.1) is 11.3 Å². The lowest BCUT2D eigenvalue weighted by Gasteiger charge is -2.44. The van der Waals surface area contributed by atoms with E-state index in [1.54, 1.807) is 0 Å². The Morgan fingerprint density at radius 1 is 0.500 bits per heavy atom. The Morgan fingerprint density at radius 3 is 1.85 bits per heavy atom. The van der Waals surface area contributed by atoms with Gasteiger partial charge in [0.1, 0.15) is 0 Å². The topological polar surface area (TPSA) is 27.0 Å². The molecule has 6 aromatic carbocycles. The Kier molecular flexibility index (Phi) is 4.83. The zero-order valence-corrected chi connectivity index (χ0v) is 21.8. The van der Waals surface area contributed by atoms with Crippen molar-refractivity contribution in [2.45, 2.75) is 5.41 Å². The van der Waals surface area contributed by atoms with E-state index in [9.17, 15) is 5.26 Å². The summed E-state index contributed by atoms with van der Waals surface area (Å²) < 4.78 is 0. The van der Waals surface area contributed by atoms with Crippen molar-refractivity contribution in [2.75, 3.05) is 4.90 Å². The molecule has 8 rings (SSSR count). The molecule has 186 valence electrons. The Morgan fingerprint density at radius 2 is 1.10 bits per heavy atom. The number of hydrogen-bond donors (Lipinski definition) is 0. The lowest BCUT2D eigenvalue weighted by molar-refractivity contribution is 0.753. The van der Waals surface area contributed by atoms with Crippen LogP contribution in [0.2, 0.25) is 0 Å². The standard InChI is InChI=1S/C38H24N2/c39-25-26-17-19-27(20-18-26)28-21-23-30(24-22-28)40-35-15-7-6-14-34(35)38(29-9-2-1-3-10-29)33-13-5-4-11-31(33)32-12-8-16-36(40)37(32)38/h1-24H. The maximum Gasteiger partial charge on any atom is 0.0991 e. The van der Waals surface area contributed by atoms with Crippen molar-refractivity contribution >= 4 is 17.1 Å². The summed E-state index contributed by atoms with van der Waals surface area (Å²) in [6, 6.07) is 54.3. The van der Waals surface area contributed by atoms with Crippen molar-refractivity contribution in [3.05, 3.63) is 173 Å². The van der Waals surface area contributed by atoms with E-state index in [4.69, 9.17) is 0 Å². The third-order valence-corrected chi connectivity index (χ3v) is 8.51. The molecule has 0 saturated heterocycles. The molecular formula is C38H24N2. The Labute approximate surface area is 234 Å². The maximum atomic E-state index is 9.18. The second-order valence-corrected chi connectivity index (χ2v) is 10.4. The quantitative estimate of drug-likeness (QED) is 0.238. The first-order chi connectivity index (χ1) is 19.8. The molecule has 2 nitrogen and oxygen atoms in total. The van der Waals surface area contributed by atoms with E-state index in [0.717, 1.165) is 16.8 Å². The monoisotopic (exact) mass is 508 g/mol. The lowest BCUT2D eigenvalue weighted by Crippen LogP contribution is -2.35. The van der Waals surface area contributed by atoms with Crippen molar-refractivity contribution in [2.24, 2.45) is 0 Å². The molecule has 2 heteroatoms. The molecule has 1 atom stereocenters. The first-order valence-corrected chi connectivity index (χ1v) is 13.6. The molecule has 1 aliphatic heterocycles. The molecule has 0 radical (unpaired) electrons. The van der Waals surface area contributed by atoms with Gasteiger partial charge in [-0.2, -0.15) is 5.26 Å². The summed E-state index contributed by atoms with van der Waals surface area (Å²) in [5, 5.41) is 9.18. The molecule has 1 unspecified atom stereocenters. The number of fused-ring (bicyclic) bond motifs is 5. The largest absolute Gasteiger partial charge is 0.310 e. The van der Waals surface area contributed by atoms with Crippen molar-refractivity contribution < 1.29 is 0 Å². The van der Waals surface area contributed by atoms with Crippen LogP contribution in [-0.2, 0) is 5.41 Å². The summed E-state index contributed by atoms with van der Waals surface area (Å²) in [7, 11) is 0. The number of nitrogens with zero attached hydrogens (tertiary/aromatic N) is 2. The number of para-hydroxylation sites is 1.